The highest BCUT2D eigenvalue weighted by Gasteiger charge is 2.15. The maximum atomic E-state index is 4.53. The maximum Gasteiger partial charge on any atom is 0.409 e. The summed E-state index contributed by atoms with van der Waals surface area (Å²) in [4.78, 5) is 2.48. The lowest BCUT2D eigenvalue weighted by Gasteiger charge is -2.23. The van der Waals surface area contributed by atoms with Gasteiger partial charge in [0, 0.05) is 18.8 Å². The molecule has 0 amide bonds. The normalized spacial score (nSPS) is 11.7. The van der Waals surface area contributed by atoms with E-state index in [-0.39, 0.29) is 0 Å². The van der Waals surface area contributed by atoms with E-state index in [4.69, 9.17) is 0 Å². The topological polar surface area (TPSA) is 31.8 Å². The van der Waals surface area contributed by atoms with E-state index in [1.54, 1.807) is 11.3 Å². The van der Waals surface area contributed by atoms with Crippen LogP contribution in [-0.4, -0.2) is 13.1 Å². The summed E-state index contributed by atoms with van der Waals surface area (Å²) in [5, 5.41) is 9.94. The Labute approximate surface area is 242 Å². The Hall–Kier alpha value is -2.27. The Morgan fingerprint density at radius 1 is 0.641 bits per heavy atom. The first-order chi connectivity index (χ1) is 19.2. The summed E-state index contributed by atoms with van der Waals surface area (Å²) >= 11 is 1.67. The molecule has 0 spiro atoms. The molecule has 4 nitrogen and oxygen atoms in total. The van der Waals surface area contributed by atoms with Crippen LogP contribution in [0.15, 0.2) is 58.8 Å². The standard InChI is InChI=1S/C34H53N4S/c1-4-6-7-8-9-10-11-12-13-14-15-16-17-18-19-22-29-38(5-2)31-27-25-30(26-28-31)35-36-34-37(3)32-23-20-21-24-33(32)39-34/h20-21,23-28H,4-19,22,29H2,1-3H3/q+1. The van der Waals surface area contributed by atoms with Crippen molar-refractivity contribution >= 4 is 38.1 Å². The van der Waals surface area contributed by atoms with Gasteiger partial charge in [-0.2, -0.15) is 0 Å². The lowest BCUT2D eigenvalue weighted by molar-refractivity contribution is -0.627. The van der Waals surface area contributed by atoms with Crippen molar-refractivity contribution in [2.45, 2.75) is 117 Å². The van der Waals surface area contributed by atoms with Gasteiger partial charge in [-0.3, -0.25) is 0 Å². The monoisotopic (exact) mass is 549 g/mol. The van der Waals surface area contributed by atoms with Crippen LogP contribution in [0.25, 0.3) is 10.2 Å². The number of nitrogens with zero attached hydrogens (tertiary/aromatic N) is 4. The molecule has 5 heteroatoms. The van der Waals surface area contributed by atoms with E-state index in [2.05, 4.69) is 82.1 Å². The van der Waals surface area contributed by atoms with Crippen molar-refractivity contribution in [3.05, 3.63) is 48.5 Å². The average molecular weight is 550 g/mol. The molecule has 0 radical (unpaired) electrons. The van der Waals surface area contributed by atoms with Gasteiger partial charge in [-0.15, -0.1) is 0 Å². The highest BCUT2D eigenvalue weighted by Crippen LogP contribution is 2.28. The molecule has 2 aromatic carbocycles. The molecule has 0 unspecified atom stereocenters. The van der Waals surface area contributed by atoms with E-state index < -0.39 is 0 Å². The summed E-state index contributed by atoms with van der Waals surface area (Å²) in [6.45, 7) is 6.72. The largest absolute Gasteiger partial charge is 0.409 e. The van der Waals surface area contributed by atoms with E-state index in [0.717, 1.165) is 23.9 Å². The number of aromatic nitrogens is 1. The summed E-state index contributed by atoms with van der Waals surface area (Å²) in [6, 6.07) is 16.9. The molecule has 1 heterocycles. The van der Waals surface area contributed by atoms with E-state index in [9.17, 15) is 0 Å². The van der Waals surface area contributed by atoms with Gasteiger partial charge in [0.2, 0.25) is 0 Å². The van der Waals surface area contributed by atoms with Crippen LogP contribution in [0.1, 0.15) is 117 Å². The van der Waals surface area contributed by atoms with Gasteiger partial charge in [0.25, 0.3) is 0 Å². The quantitative estimate of drug-likeness (QED) is 0.0738. The first-order valence-electron chi connectivity index (χ1n) is 15.9. The predicted molar refractivity (Wildman–Crippen MR) is 171 cm³/mol. The zero-order chi connectivity index (χ0) is 27.5. The van der Waals surface area contributed by atoms with Crippen LogP contribution in [-0.2, 0) is 7.05 Å². The SMILES string of the molecule is CCCCCCCCCCCCCCCCCCN(CC)c1ccc(N=Nc2sc3ccccc3[n+]2C)cc1. The number of benzene rings is 2. The molecule has 214 valence electrons. The molecule has 39 heavy (non-hydrogen) atoms. The molecular weight excluding hydrogens is 496 g/mol. The van der Waals surface area contributed by atoms with Crippen LogP contribution in [0.4, 0.5) is 16.5 Å². The fraction of sp³-hybridized carbons (Fsp3) is 0.618. The Bertz CT molecular complexity index is 1070. The second-order valence-corrected chi connectivity index (χ2v) is 12.0. The number of hydrogen-bond acceptors (Lipinski definition) is 4. The minimum absolute atomic E-state index is 0.898. The molecule has 0 N–H and O–H groups in total. The smallest absolute Gasteiger partial charge is 0.372 e. The van der Waals surface area contributed by atoms with Gasteiger partial charge in [0.05, 0.1) is 16.9 Å². The van der Waals surface area contributed by atoms with Crippen molar-refractivity contribution in [1.29, 1.82) is 0 Å². The zero-order valence-corrected chi connectivity index (χ0v) is 25.9. The molecule has 0 aliphatic carbocycles. The summed E-state index contributed by atoms with van der Waals surface area (Å²) in [6.07, 6.45) is 22.6. The number of rotatable bonds is 21. The van der Waals surface area contributed by atoms with Crippen LogP contribution in [0.5, 0.6) is 0 Å². The van der Waals surface area contributed by atoms with Crippen molar-refractivity contribution < 1.29 is 4.57 Å². The summed E-state index contributed by atoms with van der Waals surface area (Å²) in [5.41, 5.74) is 3.37. The molecule has 3 aromatic rings. The first kappa shape index (κ1) is 31.3. The summed E-state index contributed by atoms with van der Waals surface area (Å²) in [7, 11) is 2.05. The highest BCUT2D eigenvalue weighted by atomic mass is 32.1. The molecule has 0 aliphatic rings. The minimum atomic E-state index is 0.898. The summed E-state index contributed by atoms with van der Waals surface area (Å²) in [5.74, 6) is 0. The number of fused-ring (bicyclic) bond motifs is 1. The van der Waals surface area contributed by atoms with Crippen LogP contribution in [0.3, 0.4) is 0 Å². The van der Waals surface area contributed by atoms with Gasteiger partial charge in [0.15, 0.2) is 0 Å². The molecule has 0 saturated carbocycles. The highest BCUT2D eigenvalue weighted by molar-refractivity contribution is 7.21. The zero-order valence-electron chi connectivity index (χ0n) is 25.0. The van der Waals surface area contributed by atoms with Crippen LogP contribution >= 0.6 is 11.3 Å². The van der Waals surface area contributed by atoms with Gasteiger partial charge in [-0.25, -0.2) is 4.57 Å². The van der Waals surface area contributed by atoms with Crippen molar-refractivity contribution in [2.24, 2.45) is 17.3 Å². The number of hydrogen-bond donors (Lipinski definition) is 0. The second kappa shape index (κ2) is 18.9. The van der Waals surface area contributed by atoms with E-state index in [0.29, 0.717) is 0 Å². The third-order valence-electron chi connectivity index (χ3n) is 7.84. The number of thiazole rings is 1. The fourth-order valence-corrected chi connectivity index (χ4v) is 6.30. The van der Waals surface area contributed by atoms with Crippen molar-refractivity contribution in [1.82, 2.24) is 0 Å². The lowest BCUT2D eigenvalue weighted by atomic mass is 10.0. The molecule has 1 aromatic heterocycles. The molecule has 0 aliphatic heterocycles. The van der Waals surface area contributed by atoms with Gasteiger partial charge < -0.3 is 4.90 Å². The van der Waals surface area contributed by atoms with E-state index in [1.807, 2.05) is 7.05 Å². The molecule has 0 fully saturated rings. The third-order valence-corrected chi connectivity index (χ3v) is 8.95. The number of azo groups is 1. The Morgan fingerprint density at radius 2 is 1.18 bits per heavy atom. The first-order valence-corrected chi connectivity index (χ1v) is 16.7. The van der Waals surface area contributed by atoms with Crippen LogP contribution < -0.4 is 9.47 Å². The fourth-order valence-electron chi connectivity index (χ4n) is 5.33. The van der Waals surface area contributed by atoms with E-state index in [1.165, 1.54) is 119 Å². The molecule has 0 bridgehead atoms. The number of para-hydroxylation sites is 1. The van der Waals surface area contributed by atoms with Crippen LogP contribution in [0.2, 0.25) is 0 Å². The number of aryl methyl sites for hydroxylation is 1. The molecular formula is C34H53N4S+. The van der Waals surface area contributed by atoms with Gasteiger partial charge in [0.1, 0.15) is 11.2 Å². The Balaban J connectivity index is 1.24. The number of unbranched alkanes of at least 4 members (excludes halogenated alkanes) is 15. The third kappa shape index (κ3) is 11.4. The van der Waals surface area contributed by atoms with E-state index >= 15 is 0 Å². The van der Waals surface area contributed by atoms with Gasteiger partial charge in [-0.05, 0) is 66.2 Å². The van der Waals surface area contributed by atoms with Crippen molar-refractivity contribution in [2.75, 3.05) is 18.0 Å². The van der Waals surface area contributed by atoms with Gasteiger partial charge >= 0.3 is 5.13 Å². The second-order valence-electron chi connectivity index (χ2n) is 11.0. The van der Waals surface area contributed by atoms with Gasteiger partial charge in [-0.1, -0.05) is 115 Å². The Kier molecular flexibility index (Phi) is 15.2. The van der Waals surface area contributed by atoms with Crippen molar-refractivity contribution in [3.63, 3.8) is 0 Å². The number of anilines is 1. The summed E-state index contributed by atoms with van der Waals surface area (Å²) < 4.78 is 3.34. The van der Waals surface area contributed by atoms with Crippen LogP contribution in [0, 0.1) is 0 Å². The van der Waals surface area contributed by atoms with Crippen molar-refractivity contribution in [3.8, 4) is 0 Å². The minimum Gasteiger partial charge on any atom is -0.372 e. The average Bonchev–Trinajstić information content (AvgIpc) is 3.29. The lowest BCUT2D eigenvalue weighted by Crippen LogP contribution is -2.25. The molecule has 0 atom stereocenters. The maximum absolute atomic E-state index is 4.53. The Morgan fingerprint density at radius 3 is 1.72 bits per heavy atom. The molecule has 0 saturated heterocycles. The predicted octanol–water partition coefficient (Wildman–Crippen LogP) is 11.2. The molecule has 3 rings (SSSR count).